The molecular formula is C12H12F4O. The highest BCUT2D eigenvalue weighted by Crippen LogP contribution is 2.23. The van der Waals surface area contributed by atoms with Crippen molar-refractivity contribution in [1.82, 2.24) is 0 Å². The van der Waals surface area contributed by atoms with Gasteiger partial charge >= 0.3 is 6.18 Å². The molecule has 0 saturated heterocycles. The van der Waals surface area contributed by atoms with Crippen molar-refractivity contribution in [2.45, 2.75) is 32.4 Å². The fourth-order valence-electron chi connectivity index (χ4n) is 1.45. The number of halogens is 4. The molecule has 0 amide bonds. The second-order valence-corrected chi connectivity index (χ2v) is 3.83. The summed E-state index contributed by atoms with van der Waals surface area (Å²) in [6.45, 7) is 1.50. The SMILES string of the molecule is Cc1cccc(C(=O)CCCC(F)(F)F)c1F. The lowest BCUT2D eigenvalue weighted by atomic mass is 10.0. The van der Waals surface area contributed by atoms with Gasteiger partial charge in [0.1, 0.15) is 5.82 Å². The van der Waals surface area contributed by atoms with Crippen LogP contribution in [0.25, 0.3) is 0 Å². The van der Waals surface area contributed by atoms with Crippen molar-refractivity contribution in [1.29, 1.82) is 0 Å². The van der Waals surface area contributed by atoms with Crippen LogP contribution in [0.15, 0.2) is 18.2 Å². The summed E-state index contributed by atoms with van der Waals surface area (Å²) < 4.78 is 49.1. The Morgan fingerprint density at radius 2 is 1.94 bits per heavy atom. The van der Waals surface area contributed by atoms with E-state index in [1.54, 1.807) is 0 Å². The van der Waals surface area contributed by atoms with Crippen molar-refractivity contribution < 1.29 is 22.4 Å². The maximum atomic E-state index is 13.5. The van der Waals surface area contributed by atoms with Crippen molar-refractivity contribution in [2.75, 3.05) is 0 Å². The van der Waals surface area contributed by atoms with Crippen LogP contribution in [0.1, 0.15) is 35.2 Å². The van der Waals surface area contributed by atoms with E-state index in [9.17, 15) is 22.4 Å². The molecule has 0 unspecified atom stereocenters. The zero-order chi connectivity index (χ0) is 13.1. The van der Waals surface area contributed by atoms with E-state index in [2.05, 4.69) is 0 Å². The number of hydrogen-bond donors (Lipinski definition) is 0. The Labute approximate surface area is 96.4 Å². The van der Waals surface area contributed by atoms with Crippen LogP contribution in [0.5, 0.6) is 0 Å². The number of rotatable bonds is 4. The maximum Gasteiger partial charge on any atom is 0.389 e. The van der Waals surface area contributed by atoms with Gasteiger partial charge in [0.15, 0.2) is 5.78 Å². The van der Waals surface area contributed by atoms with Crippen LogP contribution < -0.4 is 0 Å². The highest BCUT2D eigenvalue weighted by molar-refractivity contribution is 5.96. The molecule has 0 spiro atoms. The number of benzene rings is 1. The van der Waals surface area contributed by atoms with Gasteiger partial charge in [0, 0.05) is 12.8 Å². The average Bonchev–Trinajstić information content (AvgIpc) is 2.20. The molecule has 0 aromatic heterocycles. The molecule has 0 fully saturated rings. The van der Waals surface area contributed by atoms with Crippen molar-refractivity contribution in [2.24, 2.45) is 0 Å². The Bertz CT molecular complexity index is 409. The fraction of sp³-hybridized carbons (Fsp3) is 0.417. The third kappa shape index (κ3) is 4.17. The third-order valence-corrected chi connectivity index (χ3v) is 2.36. The summed E-state index contributed by atoms with van der Waals surface area (Å²) in [4.78, 5) is 11.5. The zero-order valence-corrected chi connectivity index (χ0v) is 9.27. The summed E-state index contributed by atoms with van der Waals surface area (Å²) in [6, 6.07) is 4.30. The first-order chi connectivity index (χ1) is 7.81. The lowest BCUT2D eigenvalue weighted by Crippen LogP contribution is -2.09. The molecule has 0 saturated carbocycles. The molecule has 0 radical (unpaired) electrons. The molecule has 1 aromatic carbocycles. The van der Waals surface area contributed by atoms with Gasteiger partial charge in [-0.15, -0.1) is 0 Å². The number of carbonyl (C=O) groups excluding carboxylic acids is 1. The number of Topliss-reactive ketones (excluding diaryl/α,β-unsaturated/α-hetero) is 1. The van der Waals surface area contributed by atoms with E-state index in [0.717, 1.165) is 0 Å². The number of hydrogen-bond acceptors (Lipinski definition) is 1. The van der Waals surface area contributed by atoms with Gasteiger partial charge in [-0.3, -0.25) is 4.79 Å². The molecule has 0 atom stereocenters. The van der Waals surface area contributed by atoms with Crippen molar-refractivity contribution in [3.05, 3.63) is 35.1 Å². The first-order valence-electron chi connectivity index (χ1n) is 5.16. The first-order valence-corrected chi connectivity index (χ1v) is 5.16. The summed E-state index contributed by atoms with van der Waals surface area (Å²) in [7, 11) is 0. The van der Waals surface area contributed by atoms with E-state index < -0.39 is 24.2 Å². The van der Waals surface area contributed by atoms with Gasteiger partial charge in [-0.05, 0) is 25.0 Å². The molecule has 17 heavy (non-hydrogen) atoms. The molecular weight excluding hydrogens is 236 g/mol. The van der Waals surface area contributed by atoms with Gasteiger partial charge in [0.2, 0.25) is 0 Å². The van der Waals surface area contributed by atoms with E-state index in [0.29, 0.717) is 5.56 Å². The smallest absolute Gasteiger partial charge is 0.294 e. The second kappa shape index (κ2) is 5.29. The standard InChI is InChI=1S/C12H12F4O/c1-8-4-2-5-9(11(8)13)10(17)6-3-7-12(14,15)16/h2,4-5H,3,6-7H2,1H3. The minimum Gasteiger partial charge on any atom is -0.294 e. The quantitative estimate of drug-likeness (QED) is 0.580. The van der Waals surface area contributed by atoms with Gasteiger partial charge in [0.05, 0.1) is 5.56 Å². The summed E-state index contributed by atoms with van der Waals surface area (Å²) >= 11 is 0. The number of ketones is 1. The highest BCUT2D eigenvalue weighted by Gasteiger charge is 2.26. The van der Waals surface area contributed by atoms with Gasteiger partial charge in [-0.1, -0.05) is 12.1 Å². The van der Waals surface area contributed by atoms with E-state index in [-0.39, 0.29) is 18.4 Å². The fourth-order valence-corrected chi connectivity index (χ4v) is 1.45. The highest BCUT2D eigenvalue weighted by atomic mass is 19.4. The van der Waals surface area contributed by atoms with Gasteiger partial charge < -0.3 is 0 Å². The molecule has 5 heteroatoms. The Kier molecular flexibility index (Phi) is 4.26. The van der Waals surface area contributed by atoms with Crippen LogP contribution in [-0.4, -0.2) is 12.0 Å². The number of alkyl halides is 3. The first kappa shape index (κ1) is 13.7. The summed E-state index contributed by atoms with van der Waals surface area (Å²) in [6.07, 6.45) is -5.90. The van der Waals surface area contributed by atoms with E-state index in [1.165, 1.54) is 25.1 Å². The maximum absolute atomic E-state index is 13.5. The third-order valence-electron chi connectivity index (χ3n) is 2.36. The molecule has 94 valence electrons. The number of carbonyl (C=O) groups is 1. The van der Waals surface area contributed by atoms with Crippen molar-refractivity contribution >= 4 is 5.78 Å². The minimum atomic E-state index is -4.27. The van der Waals surface area contributed by atoms with Gasteiger partial charge in [-0.2, -0.15) is 13.2 Å². The zero-order valence-electron chi connectivity index (χ0n) is 9.27. The summed E-state index contributed by atoms with van der Waals surface area (Å²) in [5.41, 5.74) is 0.179. The van der Waals surface area contributed by atoms with Crippen LogP contribution >= 0.6 is 0 Å². The molecule has 1 rings (SSSR count). The number of aryl methyl sites for hydroxylation is 1. The summed E-state index contributed by atoms with van der Waals surface area (Å²) in [5.74, 6) is -1.24. The topological polar surface area (TPSA) is 17.1 Å². The predicted molar refractivity (Wildman–Crippen MR) is 55.4 cm³/mol. The Balaban J connectivity index is 2.62. The largest absolute Gasteiger partial charge is 0.389 e. The Morgan fingerprint density at radius 3 is 2.53 bits per heavy atom. The Hall–Kier alpha value is -1.39. The van der Waals surface area contributed by atoms with E-state index >= 15 is 0 Å². The average molecular weight is 248 g/mol. The Morgan fingerprint density at radius 1 is 1.29 bits per heavy atom. The molecule has 0 heterocycles. The normalized spacial score (nSPS) is 11.6. The second-order valence-electron chi connectivity index (χ2n) is 3.83. The van der Waals surface area contributed by atoms with Crippen LogP contribution in [0, 0.1) is 12.7 Å². The van der Waals surface area contributed by atoms with Crippen molar-refractivity contribution in [3.8, 4) is 0 Å². The monoisotopic (exact) mass is 248 g/mol. The van der Waals surface area contributed by atoms with Crippen LogP contribution in [0.4, 0.5) is 17.6 Å². The van der Waals surface area contributed by atoms with Gasteiger partial charge in [-0.25, -0.2) is 4.39 Å². The van der Waals surface area contributed by atoms with Crippen LogP contribution in [0.3, 0.4) is 0 Å². The van der Waals surface area contributed by atoms with Crippen molar-refractivity contribution in [3.63, 3.8) is 0 Å². The molecule has 0 aliphatic rings. The van der Waals surface area contributed by atoms with E-state index in [1.807, 2.05) is 0 Å². The predicted octanol–water partition coefficient (Wildman–Crippen LogP) is 4.05. The minimum absolute atomic E-state index is 0.132. The molecule has 0 aliphatic heterocycles. The van der Waals surface area contributed by atoms with Gasteiger partial charge in [0.25, 0.3) is 0 Å². The molecule has 1 aromatic rings. The van der Waals surface area contributed by atoms with Crippen LogP contribution in [-0.2, 0) is 0 Å². The lowest BCUT2D eigenvalue weighted by molar-refractivity contribution is -0.135. The molecule has 0 N–H and O–H groups in total. The lowest BCUT2D eigenvalue weighted by Gasteiger charge is -2.06. The van der Waals surface area contributed by atoms with E-state index in [4.69, 9.17) is 0 Å². The van der Waals surface area contributed by atoms with Crippen LogP contribution in [0.2, 0.25) is 0 Å². The summed E-state index contributed by atoms with van der Waals surface area (Å²) in [5, 5.41) is 0. The molecule has 0 aliphatic carbocycles. The molecule has 0 bridgehead atoms. The molecule has 1 nitrogen and oxygen atoms in total.